The van der Waals surface area contributed by atoms with Gasteiger partial charge in [-0.15, -0.1) is 0 Å². The summed E-state index contributed by atoms with van der Waals surface area (Å²) in [6, 6.07) is 12.4. The molecule has 0 atom stereocenters. The highest BCUT2D eigenvalue weighted by atomic mass is 15.2. The molecule has 5 nitrogen and oxygen atoms in total. The van der Waals surface area contributed by atoms with E-state index in [1.807, 2.05) is 45.4 Å². The summed E-state index contributed by atoms with van der Waals surface area (Å²) in [5.41, 5.74) is 11.5. The smallest absolute Gasteiger partial charge is 0.0462 e. The van der Waals surface area contributed by atoms with E-state index in [9.17, 15) is 0 Å². The lowest BCUT2D eigenvalue weighted by Crippen LogP contribution is -2.26. The second kappa shape index (κ2) is 9.24. The molecule has 28 heavy (non-hydrogen) atoms. The van der Waals surface area contributed by atoms with E-state index >= 15 is 0 Å². The monoisotopic (exact) mass is 373 g/mol. The molecule has 5 heteroatoms. The minimum atomic E-state index is 0.643. The van der Waals surface area contributed by atoms with Crippen LogP contribution in [0.15, 0.2) is 66.3 Å². The van der Waals surface area contributed by atoms with Crippen molar-refractivity contribution >= 4 is 0 Å². The zero-order valence-electron chi connectivity index (χ0n) is 16.7. The molecule has 0 saturated carbocycles. The summed E-state index contributed by atoms with van der Waals surface area (Å²) >= 11 is 0. The first-order valence-corrected chi connectivity index (χ1v) is 9.45. The van der Waals surface area contributed by atoms with E-state index in [0.29, 0.717) is 19.3 Å². The second-order valence-electron chi connectivity index (χ2n) is 7.24. The topological polar surface area (TPSA) is 76.7 Å². The highest BCUT2D eigenvalue weighted by Crippen LogP contribution is 2.18. The molecular formula is C23H27N5. The number of allylic oxidation sites excluding steroid dienone is 2. The number of hydrogen-bond donors (Lipinski definition) is 2. The molecule has 3 N–H and O–H groups in total. The molecule has 0 aromatic carbocycles. The number of nitrogens with two attached hydrogens (primary N) is 1. The van der Waals surface area contributed by atoms with Crippen molar-refractivity contribution in [3.05, 3.63) is 100 Å². The van der Waals surface area contributed by atoms with Crippen LogP contribution in [0, 0.1) is 20.8 Å². The van der Waals surface area contributed by atoms with Crippen molar-refractivity contribution < 1.29 is 0 Å². The van der Waals surface area contributed by atoms with Crippen LogP contribution in [-0.2, 0) is 19.3 Å². The van der Waals surface area contributed by atoms with Crippen LogP contribution < -0.4 is 11.3 Å². The largest absolute Gasteiger partial charge is 0.328 e. The molecule has 0 unspecified atom stereocenters. The Balaban J connectivity index is 1.92. The standard InChI is InChI=1S/C23H27N5/c1-16-4-7-20(25-13-16)10-19(11-21-8-5-17(2)14-26-21)23(28-24)12-22-9-6-18(3)15-27-22/h4-9,13-15,28H,10-12,24H2,1-3H3. The van der Waals surface area contributed by atoms with Crippen molar-refractivity contribution in [3.63, 3.8) is 0 Å². The predicted octanol–water partition coefficient (Wildman–Crippen LogP) is 3.54. The number of hydrogen-bond acceptors (Lipinski definition) is 5. The van der Waals surface area contributed by atoms with Gasteiger partial charge in [0.1, 0.15) is 0 Å². The average molecular weight is 374 g/mol. The molecule has 0 aliphatic rings. The third kappa shape index (κ3) is 5.47. The number of hydrazine groups is 1. The summed E-state index contributed by atoms with van der Waals surface area (Å²) in [6.45, 7) is 6.12. The molecule has 0 aliphatic carbocycles. The van der Waals surface area contributed by atoms with E-state index in [4.69, 9.17) is 5.84 Å². The van der Waals surface area contributed by atoms with Crippen molar-refractivity contribution in [1.29, 1.82) is 0 Å². The van der Waals surface area contributed by atoms with Gasteiger partial charge in [-0.1, -0.05) is 18.2 Å². The minimum absolute atomic E-state index is 0.643. The fourth-order valence-corrected chi connectivity index (χ4v) is 2.98. The predicted molar refractivity (Wildman–Crippen MR) is 112 cm³/mol. The van der Waals surface area contributed by atoms with Crippen LogP contribution >= 0.6 is 0 Å². The van der Waals surface area contributed by atoms with E-state index in [1.54, 1.807) is 0 Å². The van der Waals surface area contributed by atoms with Crippen LogP contribution in [-0.4, -0.2) is 15.0 Å². The fourth-order valence-electron chi connectivity index (χ4n) is 2.98. The summed E-state index contributed by atoms with van der Waals surface area (Å²) in [7, 11) is 0. The molecule has 0 saturated heterocycles. The number of rotatable bonds is 7. The number of nitrogens with one attached hydrogen (secondary N) is 1. The van der Waals surface area contributed by atoms with E-state index in [2.05, 4.69) is 50.7 Å². The van der Waals surface area contributed by atoms with E-state index in [0.717, 1.165) is 45.0 Å². The quantitative estimate of drug-likeness (QED) is 0.489. The number of aryl methyl sites for hydroxylation is 3. The van der Waals surface area contributed by atoms with Crippen LogP contribution in [0.3, 0.4) is 0 Å². The van der Waals surface area contributed by atoms with Gasteiger partial charge in [0.15, 0.2) is 0 Å². The van der Waals surface area contributed by atoms with Gasteiger partial charge in [0, 0.05) is 60.6 Å². The van der Waals surface area contributed by atoms with E-state index in [-0.39, 0.29) is 0 Å². The summed E-state index contributed by atoms with van der Waals surface area (Å²) in [6.07, 6.45) is 7.74. The SMILES string of the molecule is Cc1ccc(CC(Cc2ccc(C)cn2)=C(Cc2ccc(C)cn2)NN)nc1. The Kier molecular flexibility index (Phi) is 6.50. The van der Waals surface area contributed by atoms with E-state index < -0.39 is 0 Å². The van der Waals surface area contributed by atoms with Crippen molar-refractivity contribution in [2.45, 2.75) is 40.0 Å². The number of aromatic nitrogens is 3. The summed E-state index contributed by atoms with van der Waals surface area (Å²) < 4.78 is 0. The maximum absolute atomic E-state index is 5.93. The van der Waals surface area contributed by atoms with Gasteiger partial charge in [-0.25, -0.2) is 0 Å². The van der Waals surface area contributed by atoms with Gasteiger partial charge in [-0.3, -0.25) is 20.8 Å². The third-order valence-electron chi connectivity index (χ3n) is 4.67. The van der Waals surface area contributed by atoms with Gasteiger partial charge in [-0.2, -0.15) is 0 Å². The van der Waals surface area contributed by atoms with Gasteiger partial charge >= 0.3 is 0 Å². The average Bonchev–Trinajstić information content (AvgIpc) is 2.70. The molecule has 3 aromatic heterocycles. The van der Waals surface area contributed by atoms with Gasteiger partial charge < -0.3 is 5.43 Å². The lowest BCUT2D eigenvalue weighted by atomic mass is 9.98. The van der Waals surface area contributed by atoms with Crippen LogP contribution in [0.25, 0.3) is 0 Å². The maximum Gasteiger partial charge on any atom is 0.0462 e. The lowest BCUT2D eigenvalue weighted by molar-refractivity contribution is 0.778. The lowest BCUT2D eigenvalue weighted by Gasteiger charge is -2.15. The van der Waals surface area contributed by atoms with Gasteiger partial charge in [0.05, 0.1) is 0 Å². The summed E-state index contributed by atoms with van der Waals surface area (Å²) in [4.78, 5) is 13.7. The van der Waals surface area contributed by atoms with Crippen molar-refractivity contribution in [2.24, 2.45) is 5.84 Å². The molecule has 0 aliphatic heterocycles. The Labute approximate surface area is 166 Å². The zero-order valence-corrected chi connectivity index (χ0v) is 16.7. The third-order valence-corrected chi connectivity index (χ3v) is 4.67. The highest BCUT2D eigenvalue weighted by molar-refractivity contribution is 5.29. The molecular weight excluding hydrogens is 346 g/mol. The highest BCUT2D eigenvalue weighted by Gasteiger charge is 2.12. The van der Waals surface area contributed by atoms with Crippen LogP contribution in [0.4, 0.5) is 0 Å². The molecule has 0 fully saturated rings. The maximum atomic E-state index is 5.93. The Morgan fingerprint density at radius 3 is 1.39 bits per heavy atom. The number of pyridine rings is 3. The molecule has 3 heterocycles. The van der Waals surface area contributed by atoms with Crippen molar-refractivity contribution in [2.75, 3.05) is 0 Å². The van der Waals surface area contributed by atoms with E-state index in [1.165, 1.54) is 0 Å². The first-order chi connectivity index (χ1) is 13.5. The molecule has 3 aromatic rings. The second-order valence-corrected chi connectivity index (χ2v) is 7.24. The molecule has 0 spiro atoms. The van der Waals surface area contributed by atoms with Gasteiger partial charge in [0.2, 0.25) is 0 Å². The van der Waals surface area contributed by atoms with Crippen molar-refractivity contribution in [1.82, 2.24) is 20.4 Å². The van der Waals surface area contributed by atoms with Crippen molar-refractivity contribution in [3.8, 4) is 0 Å². The van der Waals surface area contributed by atoms with Crippen LogP contribution in [0.2, 0.25) is 0 Å². The Hall–Kier alpha value is -3.05. The van der Waals surface area contributed by atoms with Gasteiger partial charge in [0.25, 0.3) is 0 Å². The first-order valence-electron chi connectivity index (χ1n) is 9.45. The Morgan fingerprint density at radius 2 is 1.07 bits per heavy atom. The Bertz CT molecular complexity index is 877. The first kappa shape index (κ1) is 19.7. The normalized spacial score (nSPS) is 10.6. The molecule has 144 valence electrons. The minimum Gasteiger partial charge on any atom is -0.328 e. The van der Waals surface area contributed by atoms with Crippen LogP contribution in [0.5, 0.6) is 0 Å². The van der Waals surface area contributed by atoms with Crippen LogP contribution in [0.1, 0.15) is 33.8 Å². The Morgan fingerprint density at radius 1 is 0.679 bits per heavy atom. The summed E-state index contributed by atoms with van der Waals surface area (Å²) in [5, 5.41) is 0. The van der Waals surface area contributed by atoms with Gasteiger partial charge in [-0.05, 0) is 61.2 Å². The fraction of sp³-hybridized carbons (Fsp3) is 0.261. The molecule has 0 amide bonds. The molecule has 0 radical (unpaired) electrons. The molecule has 3 rings (SSSR count). The number of nitrogens with zero attached hydrogens (tertiary/aromatic N) is 3. The summed E-state index contributed by atoms with van der Waals surface area (Å²) in [5.74, 6) is 5.93. The molecule has 0 bridgehead atoms. The zero-order chi connectivity index (χ0) is 19.9.